The molecular formula is C7H8BrN3S. The minimum absolute atomic E-state index is 0.218. The Kier molecular flexibility index (Phi) is 3.31. The van der Waals surface area contributed by atoms with E-state index in [0.717, 1.165) is 10.2 Å². The predicted octanol–water partition coefficient (Wildman–Crippen LogP) is 1.61. The maximum atomic E-state index is 5.22. The van der Waals surface area contributed by atoms with Crippen LogP contribution in [0.4, 0.5) is 5.69 Å². The molecule has 0 spiro atoms. The molecule has 64 valence electrons. The van der Waals surface area contributed by atoms with E-state index < -0.39 is 0 Å². The first-order valence-corrected chi connectivity index (χ1v) is 4.45. The van der Waals surface area contributed by atoms with Gasteiger partial charge in [0.25, 0.3) is 0 Å². The summed E-state index contributed by atoms with van der Waals surface area (Å²) in [5, 5.41) is 0.218. The first-order chi connectivity index (χ1) is 5.68. The van der Waals surface area contributed by atoms with Gasteiger partial charge in [0, 0.05) is 4.47 Å². The van der Waals surface area contributed by atoms with E-state index in [1.54, 1.807) is 0 Å². The van der Waals surface area contributed by atoms with Crippen LogP contribution in [0, 0.1) is 0 Å². The number of thiocarbonyl (C=S) groups is 1. The fraction of sp³-hybridized carbons (Fsp3) is 0. The molecule has 0 bridgehead atoms. The van der Waals surface area contributed by atoms with Gasteiger partial charge in [-0.25, -0.2) is 0 Å². The molecule has 0 saturated carbocycles. The normalized spacial score (nSPS) is 9.08. The Balaban J connectivity index is 2.57. The van der Waals surface area contributed by atoms with Crippen LogP contribution in [0.15, 0.2) is 28.7 Å². The van der Waals surface area contributed by atoms with Crippen molar-refractivity contribution in [1.29, 1.82) is 0 Å². The molecule has 12 heavy (non-hydrogen) atoms. The van der Waals surface area contributed by atoms with Crippen LogP contribution in [-0.2, 0) is 0 Å². The van der Waals surface area contributed by atoms with E-state index in [4.69, 9.17) is 5.73 Å². The first kappa shape index (κ1) is 9.28. The largest absolute Gasteiger partial charge is 0.375 e. The lowest BCUT2D eigenvalue weighted by Gasteiger charge is -2.06. The topological polar surface area (TPSA) is 50.1 Å². The minimum Gasteiger partial charge on any atom is -0.375 e. The average molecular weight is 246 g/mol. The van der Waals surface area contributed by atoms with Gasteiger partial charge in [0.15, 0.2) is 5.11 Å². The van der Waals surface area contributed by atoms with E-state index in [1.165, 1.54) is 0 Å². The summed E-state index contributed by atoms with van der Waals surface area (Å²) in [6, 6.07) is 7.65. The van der Waals surface area contributed by atoms with Crippen molar-refractivity contribution in [2.24, 2.45) is 5.73 Å². The lowest BCUT2D eigenvalue weighted by Crippen LogP contribution is -2.33. The number of nitrogens with two attached hydrogens (primary N) is 1. The lowest BCUT2D eigenvalue weighted by atomic mass is 10.3. The van der Waals surface area contributed by atoms with Crippen LogP contribution in [0.5, 0.6) is 0 Å². The van der Waals surface area contributed by atoms with E-state index in [9.17, 15) is 0 Å². The Bertz CT molecular complexity index is 290. The third-order valence-electron chi connectivity index (χ3n) is 1.15. The second-order valence-corrected chi connectivity index (χ2v) is 3.48. The van der Waals surface area contributed by atoms with Gasteiger partial charge < -0.3 is 5.73 Å². The monoisotopic (exact) mass is 245 g/mol. The fourth-order valence-electron chi connectivity index (χ4n) is 0.700. The van der Waals surface area contributed by atoms with Crippen LogP contribution in [-0.4, -0.2) is 5.11 Å². The molecule has 3 nitrogen and oxygen atoms in total. The number of benzene rings is 1. The predicted molar refractivity (Wildman–Crippen MR) is 57.7 cm³/mol. The Morgan fingerprint density at radius 3 is 2.83 bits per heavy atom. The summed E-state index contributed by atoms with van der Waals surface area (Å²) >= 11 is 7.96. The number of hydrazine groups is 1. The molecule has 0 unspecified atom stereocenters. The van der Waals surface area contributed by atoms with Crippen molar-refractivity contribution < 1.29 is 0 Å². The number of hydrogen-bond donors (Lipinski definition) is 3. The van der Waals surface area contributed by atoms with Gasteiger partial charge in [-0.15, -0.1) is 0 Å². The average Bonchev–Trinajstić information content (AvgIpc) is 2.01. The molecule has 0 aliphatic heterocycles. The number of rotatable bonds is 2. The zero-order chi connectivity index (χ0) is 8.97. The van der Waals surface area contributed by atoms with Gasteiger partial charge in [0.05, 0.1) is 5.69 Å². The number of anilines is 1. The van der Waals surface area contributed by atoms with Crippen LogP contribution in [0.1, 0.15) is 0 Å². The van der Waals surface area contributed by atoms with Crippen molar-refractivity contribution in [2.45, 2.75) is 0 Å². The maximum Gasteiger partial charge on any atom is 0.182 e. The van der Waals surface area contributed by atoms with Gasteiger partial charge in [-0.05, 0) is 30.4 Å². The molecule has 1 rings (SSSR count). The molecule has 0 aliphatic rings. The molecule has 0 saturated heterocycles. The Hall–Kier alpha value is -0.810. The summed E-state index contributed by atoms with van der Waals surface area (Å²) in [5.41, 5.74) is 11.6. The molecule has 0 atom stereocenters. The highest BCUT2D eigenvalue weighted by atomic mass is 79.9. The third-order valence-corrected chi connectivity index (χ3v) is 1.75. The summed E-state index contributed by atoms with van der Waals surface area (Å²) in [6.45, 7) is 0. The van der Waals surface area contributed by atoms with Crippen LogP contribution >= 0.6 is 28.1 Å². The third kappa shape index (κ3) is 3.06. The fourth-order valence-corrected chi connectivity index (χ4v) is 1.15. The van der Waals surface area contributed by atoms with Gasteiger partial charge in [-0.2, -0.15) is 0 Å². The second kappa shape index (κ2) is 4.27. The first-order valence-electron chi connectivity index (χ1n) is 3.25. The Labute approximate surface area is 84.4 Å². The van der Waals surface area contributed by atoms with Crippen molar-refractivity contribution in [3.05, 3.63) is 28.7 Å². The molecule has 5 heteroatoms. The van der Waals surface area contributed by atoms with Crippen molar-refractivity contribution in [1.82, 2.24) is 5.43 Å². The van der Waals surface area contributed by atoms with Gasteiger partial charge in [-0.3, -0.25) is 10.9 Å². The molecule has 0 radical (unpaired) electrons. The molecule has 1 aromatic rings. The zero-order valence-electron chi connectivity index (χ0n) is 6.17. The summed E-state index contributed by atoms with van der Waals surface area (Å²) in [7, 11) is 0. The molecule has 4 N–H and O–H groups in total. The summed E-state index contributed by atoms with van der Waals surface area (Å²) in [4.78, 5) is 0. The van der Waals surface area contributed by atoms with E-state index in [1.807, 2.05) is 24.3 Å². The maximum absolute atomic E-state index is 5.22. The van der Waals surface area contributed by atoms with E-state index in [0.29, 0.717) is 0 Å². The standard InChI is InChI=1S/C7H8BrN3S/c8-5-2-1-3-6(4-5)10-11-7(9)12/h1-4,10H,(H3,9,11,12). The van der Waals surface area contributed by atoms with E-state index in [-0.39, 0.29) is 5.11 Å². The summed E-state index contributed by atoms with van der Waals surface area (Å²) < 4.78 is 0.997. The molecule has 0 fully saturated rings. The van der Waals surface area contributed by atoms with Crippen LogP contribution in [0.25, 0.3) is 0 Å². The highest BCUT2D eigenvalue weighted by Gasteiger charge is 1.91. The Morgan fingerprint density at radius 2 is 2.25 bits per heavy atom. The second-order valence-electron chi connectivity index (χ2n) is 2.12. The quantitative estimate of drug-likeness (QED) is 0.548. The molecule has 0 amide bonds. The highest BCUT2D eigenvalue weighted by molar-refractivity contribution is 9.10. The number of halogens is 1. The molecule has 0 aliphatic carbocycles. The Morgan fingerprint density at radius 1 is 1.50 bits per heavy atom. The smallest absolute Gasteiger partial charge is 0.182 e. The zero-order valence-corrected chi connectivity index (χ0v) is 8.58. The molecule has 0 heterocycles. The molecule has 0 aromatic heterocycles. The van der Waals surface area contributed by atoms with Crippen LogP contribution in [0.2, 0.25) is 0 Å². The lowest BCUT2D eigenvalue weighted by molar-refractivity contribution is 1.13. The van der Waals surface area contributed by atoms with Crippen molar-refractivity contribution in [3.8, 4) is 0 Å². The SMILES string of the molecule is NC(=S)NNc1cccc(Br)c1. The number of nitrogens with one attached hydrogen (secondary N) is 2. The van der Waals surface area contributed by atoms with Crippen LogP contribution in [0.3, 0.4) is 0 Å². The van der Waals surface area contributed by atoms with Crippen molar-refractivity contribution in [2.75, 3.05) is 5.43 Å². The van der Waals surface area contributed by atoms with Crippen molar-refractivity contribution >= 4 is 38.9 Å². The summed E-state index contributed by atoms with van der Waals surface area (Å²) in [5.74, 6) is 0. The van der Waals surface area contributed by atoms with Gasteiger partial charge >= 0.3 is 0 Å². The highest BCUT2D eigenvalue weighted by Crippen LogP contribution is 2.14. The van der Waals surface area contributed by atoms with Gasteiger partial charge in [0.1, 0.15) is 0 Å². The van der Waals surface area contributed by atoms with E-state index in [2.05, 4.69) is 39.0 Å². The van der Waals surface area contributed by atoms with E-state index >= 15 is 0 Å². The van der Waals surface area contributed by atoms with Crippen molar-refractivity contribution in [3.63, 3.8) is 0 Å². The minimum atomic E-state index is 0.218. The van der Waals surface area contributed by atoms with Gasteiger partial charge in [0.2, 0.25) is 0 Å². The number of hydrogen-bond acceptors (Lipinski definition) is 2. The van der Waals surface area contributed by atoms with Gasteiger partial charge in [-0.1, -0.05) is 22.0 Å². The van der Waals surface area contributed by atoms with Crippen LogP contribution < -0.4 is 16.6 Å². The molecule has 1 aromatic carbocycles. The molecular weight excluding hydrogens is 238 g/mol. The summed E-state index contributed by atoms with van der Waals surface area (Å²) in [6.07, 6.45) is 0.